The lowest BCUT2D eigenvalue weighted by molar-refractivity contribution is -0.120. The molecule has 8 heteroatoms. The highest BCUT2D eigenvalue weighted by Gasteiger charge is 2.09. The van der Waals surface area contributed by atoms with E-state index < -0.39 is 10.0 Å². The monoisotopic (exact) mass is 301 g/mol. The van der Waals surface area contributed by atoms with Gasteiger partial charge < -0.3 is 10.1 Å². The van der Waals surface area contributed by atoms with Crippen molar-refractivity contribution in [1.29, 1.82) is 0 Å². The van der Waals surface area contributed by atoms with E-state index in [1.54, 1.807) is 0 Å². The van der Waals surface area contributed by atoms with Gasteiger partial charge in [-0.15, -0.1) is 0 Å². The van der Waals surface area contributed by atoms with Crippen LogP contribution in [0.25, 0.3) is 0 Å². The first-order valence-corrected chi connectivity index (χ1v) is 7.84. The number of nitrogens with one attached hydrogen (secondary N) is 1. The van der Waals surface area contributed by atoms with E-state index in [1.807, 2.05) is 0 Å². The molecule has 7 nitrogen and oxygen atoms in total. The fourth-order valence-electron chi connectivity index (χ4n) is 1.44. The fraction of sp³-hybridized carbons (Fsp3) is 0.500. The topological polar surface area (TPSA) is 111 Å². The molecule has 0 unspecified atom stereocenters. The lowest BCUT2D eigenvalue weighted by Crippen LogP contribution is -2.19. The van der Waals surface area contributed by atoms with Crippen LogP contribution in [0, 0.1) is 0 Å². The number of hydrogen-bond acceptors (Lipinski definition) is 5. The smallest absolute Gasteiger partial charge is 0.255 e. The molecule has 3 N–H and O–H groups in total. The molecule has 0 atom stereocenters. The van der Waals surface area contributed by atoms with Crippen LogP contribution in [-0.4, -0.2) is 32.5 Å². The maximum atomic E-state index is 11.5. The number of aromatic nitrogens is 1. The predicted octanol–water partition coefficient (Wildman–Crippen LogP) is 0.874. The summed E-state index contributed by atoms with van der Waals surface area (Å²) in [5, 5.41) is 7.22. The van der Waals surface area contributed by atoms with Crippen LogP contribution in [0.3, 0.4) is 0 Å². The van der Waals surface area contributed by atoms with Gasteiger partial charge in [0.1, 0.15) is 6.61 Å². The first kappa shape index (κ1) is 16.5. The second-order valence-electron chi connectivity index (χ2n) is 4.24. The summed E-state index contributed by atoms with van der Waals surface area (Å²) in [7, 11) is -3.82. The van der Waals surface area contributed by atoms with Gasteiger partial charge in [-0.05, 0) is 18.6 Å². The zero-order chi connectivity index (χ0) is 15.0. The van der Waals surface area contributed by atoms with Crippen LogP contribution in [0.5, 0.6) is 0 Å². The van der Waals surface area contributed by atoms with Crippen molar-refractivity contribution in [3.63, 3.8) is 0 Å². The number of amides is 1. The van der Waals surface area contributed by atoms with E-state index in [1.165, 1.54) is 18.3 Å². The van der Waals surface area contributed by atoms with Crippen molar-refractivity contribution in [1.82, 2.24) is 4.98 Å². The summed E-state index contributed by atoms with van der Waals surface area (Å²) in [4.78, 5) is 15.2. The minimum atomic E-state index is -3.82. The Kier molecular flexibility index (Phi) is 6.56. The van der Waals surface area contributed by atoms with Crippen molar-refractivity contribution in [2.24, 2.45) is 5.14 Å². The summed E-state index contributed by atoms with van der Waals surface area (Å²) >= 11 is 0. The number of pyridine rings is 1. The lowest BCUT2D eigenvalue weighted by Gasteiger charge is -2.06. The van der Waals surface area contributed by atoms with Crippen molar-refractivity contribution in [2.75, 3.05) is 18.5 Å². The first-order valence-electron chi connectivity index (χ1n) is 6.30. The van der Waals surface area contributed by atoms with Crippen molar-refractivity contribution in [2.45, 2.75) is 31.2 Å². The molecule has 1 aromatic rings. The van der Waals surface area contributed by atoms with E-state index in [-0.39, 0.29) is 17.5 Å². The summed E-state index contributed by atoms with van der Waals surface area (Å²) in [5.74, 6) is -0.313. The molecule has 1 heterocycles. The Morgan fingerprint density at radius 1 is 1.40 bits per heavy atom. The maximum Gasteiger partial charge on any atom is 0.255 e. The van der Waals surface area contributed by atoms with Gasteiger partial charge in [0, 0.05) is 6.61 Å². The molecule has 0 aromatic carbocycles. The first-order chi connectivity index (χ1) is 9.43. The molecule has 0 aliphatic carbocycles. The van der Waals surface area contributed by atoms with Crippen LogP contribution in [-0.2, 0) is 19.6 Å². The summed E-state index contributed by atoms with van der Waals surface area (Å²) in [6.07, 6.45) is 4.32. The van der Waals surface area contributed by atoms with Crippen LogP contribution in [0.2, 0.25) is 0 Å². The Morgan fingerprint density at radius 3 is 2.70 bits per heavy atom. The number of rotatable bonds is 8. The summed E-state index contributed by atoms with van der Waals surface area (Å²) in [6, 6.07) is 2.65. The summed E-state index contributed by atoms with van der Waals surface area (Å²) < 4.78 is 27.2. The average molecular weight is 301 g/mol. The molecule has 20 heavy (non-hydrogen) atoms. The van der Waals surface area contributed by atoms with Crippen LogP contribution in [0.4, 0.5) is 5.69 Å². The number of anilines is 1. The Hall–Kier alpha value is -1.51. The third kappa shape index (κ3) is 6.09. The quantitative estimate of drug-likeness (QED) is 0.692. The molecule has 0 bridgehead atoms. The number of primary sulfonamides is 1. The van der Waals surface area contributed by atoms with Crippen LogP contribution in [0.15, 0.2) is 23.4 Å². The Labute approximate surface area is 118 Å². The van der Waals surface area contributed by atoms with Crippen LogP contribution >= 0.6 is 0 Å². The minimum absolute atomic E-state index is 0.0410. The number of sulfonamides is 1. The molecule has 0 saturated carbocycles. The highest BCUT2D eigenvalue weighted by Crippen LogP contribution is 2.08. The standard InChI is InChI=1S/C12H19N3O4S/c1-2-3-4-7-19-9-11(16)15-10-5-6-12(14-8-10)20(13,17)18/h5-6,8H,2-4,7,9H2,1H3,(H,15,16)(H2,13,17,18). The van der Waals surface area contributed by atoms with E-state index in [4.69, 9.17) is 9.88 Å². The molecule has 1 amide bonds. The molecular formula is C12H19N3O4S. The number of nitrogens with two attached hydrogens (primary N) is 1. The maximum absolute atomic E-state index is 11.5. The van der Waals surface area contributed by atoms with E-state index >= 15 is 0 Å². The van der Waals surface area contributed by atoms with E-state index in [0.717, 1.165) is 19.3 Å². The van der Waals surface area contributed by atoms with Crippen molar-refractivity contribution >= 4 is 21.6 Å². The van der Waals surface area contributed by atoms with E-state index in [9.17, 15) is 13.2 Å². The number of ether oxygens (including phenoxy) is 1. The average Bonchev–Trinajstić information content (AvgIpc) is 2.38. The highest BCUT2D eigenvalue weighted by molar-refractivity contribution is 7.89. The summed E-state index contributed by atoms with van der Waals surface area (Å²) in [6.45, 7) is 2.59. The SMILES string of the molecule is CCCCCOCC(=O)Nc1ccc(S(N)(=O)=O)nc1. The van der Waals surface area contributed by atoms with Crippen molar-refractivity contribution in [3.05, 3.63) is 18.3 Å². The van der Waals surface area contributed by atoms with E-state index in [2.05, 4.69) is 17.2 Å². The zero-order valence-corrected chi connectivity index (χ0v) is 12.1. The van der Waals surface area contributed by atoms with Crippen LogP contribution in [0.1, 0.15) is 26.2 Å². The Bertz CT molecular complexity index is 528. The predicted molar refractivity (Wildman–Crippen MR) is 74.6 cm³/mol. The number of carbonyl (C=O) groups is 1. The molecule has 1 rings (SSSR count). The number of unbranched alkanes of at least 4 members (excludes halogenated alkanes) is 2. The zero-order valence-electron chi connectivity index (χ0n) is 11.3. The van der Waals surface area contributed by atoms with Gasteiger partial charge in [-0.3, -0.25) is 4.79 Å². The molecule has 0 radical (unpaired) electrons. The van der Waals surface area contributed by atoms with Gasteiger partial charge in [-0.1, -0.05) is 19.8 Å². The molecule has 0 saturated heterocycles. The van der Waals surface area contributed by atoms with Gasteiger partial charge in [0.2, 0.25) is 5.91 Å². The molecule has 0 spiro atoms. The molecule has 0 fully saturated rings. The van der Waals surface area contributed by atoms with Crippen molar-refractivity contribution in [3.8, 4) is 0 Å². The van der Waals surface area contributed by atoms with Gasteiger partial charge >= 0.3 is 0 Å². The number of carbonyl (C=O) groups excluding carboxylic acids is 1. The van der Waals surface area contributed by atoms with E-state index in [0.29, 0.717) is 12.3 Å². The fourth-order valence-corrected chi connectivity index (χ4v) is 1.90. The lowest BCUT2D eigenvalue weighted by atomic mass is 10.3. The highest BCUT2D eigenvalue weighted by atomic mass is 32.2. The van der Waals surface area contributed by atoms with Gasteiger partial charge in [-0.2, -0.15) is 0 Å². The van der Waals surface area contributed by atoms with Gasteiger partial charge in [0.05, 0.1) is 11.9 Å². The molecule has 0 aliphatic heterocycles. The van der Waals surface area contributed by atoms with Gasteiger partial charge in [0.15, 0.2) is 5.03 Å². The number of nitrogens with zero attached hydrogens (tertiary/aromatic N) is 1. The van der Waals surface area contributed by atoms with Gasteiger partial charge in [-0.25, -0.2) is 18.5 Å². The minimum Gasteiger partial charge on any atom is -0.372 e. The molecule has 112 valence electrons. The summed E-state index contributed by atoms with van der Waals surface area (Å²) in [5.41, 5.74) is 0.388. The Balaban J connectivity index is 2.39. The Morgan fingerprint density at radius 2 is 2.15 bits per heavy atom. The van der Waals surface area contributed by atoms with Crippen LogP contribution < -0.4 is 10.5 Å². The third-order valence-corrected chi connectivity index (χ3v) is 3.26. The second-order valence-corrected chi connectivity index (χ2v) is 5.75. The molecular weight excluding hydrogens is 282 g/mol. The second kappa shape index (κ2) is 7.93. The largest absolute Gasteiger partial charge is 0.372 e. The number of hydrogen-bond donors (Lipinski definition) is 2. The third-order valence-electron chi connectivity index (χ3n) is 2.44. The van der Waals surface area contributed by atoms with Gasteiger partial charge in [0.25, 0.3) is 10.0 Å². The van der Waals surface area contributed by atoms with Crippen molar-refractivity contribution < 1.29 is 17.9 Å². The molecule has 0 aliphatic rings. The molecule has 1 aromatic heterocycles. The normalized spacial score (nSPS) is 11.3.